The van der Waals surface area contributed by atoms with Crippen LogP contribution in [0.1, 0.15) is 63.0 Å². The van der Waals surface area contributed by atoms with Crippen molar-refractivity contribution in [3.8, 4) is 0 Å². The first-order valence-corrected chi connectivity index (χ1v) is 9.76. The SMILES string of the molecule is Cc1cccc(C(C)C)c1NC(=O)CN1C(C(=O)O)CC2CCCCC21. The quantitative estimate of drug-likeness (QED) is 0.840. The second kappa shape index (κ2) is 7.78. The predicted octanol–water partition coefficient (Wildman–Crippen LogP) is 3.77. The molecule has 1 saturated heterocycles. The molecule has 1 amide bonds. The smallest absolute Gasteiger partial charge is 0.320 e. The van der Waals surface area contributed by atoms with Crippen molar-refractivity contribution >= 4 is 17.6 Å². The van der Waals surface area contributed by atoms with Crippen LogP contribution < -0.4 is 5.32 Å². The molecule has 3 rings (SSSR count). The fourth-order valence-corrected chi connectivity index (χ4v) is 4.71. The van der Waals surface area contributed by atoms with Crippen molar-refractivity contribution in [1.29, 1.82) is 0 Å². The van der Waals surface area contributed by atoms with Gasteiger partial charge in [-0.05, 0) is 49.1 Å². The summed E-state index contributed by atoms with van der Waals surface area (Å²) in [5.74, 6) is -0.182. The number of aryl methyl sites for hydroxylation is 1. The molecule has 142 valence electrons. The lowest BCUT2D eigenvalue weighted by Crippen LogP contribution is -2.46. The van der Waals surface area contributed by atoms with Gasteiger partial charge in [0, 0.05) is 11.7 Å². The fourth-order valence-electron chi connectivity index (χ4n) is 4.71. The van der Waals surface area contributed by atoms with Crippen LogP contribution in [-0.2, 0) is 9.59 Å². The lowest BCUT2D eigenvalue weighted by atomic mass is 9.85. The minimum atomic E-state index is -0.800. The van der Waals surface area contributed by atoms with E-state index in [9.17, 15) is 14.7 Å². The maximum atomic E-state index is 12.8. The molecule has 5 heteroatoms. The summed E-state index contributed by atoms with van der Waals surface area (Å²) in [7, 11) is 0. The minimum absolute atomic E-state index is 0.112. The molecule has 0 spiro atoms. The third-order valence-electron chi connectivity index (χ3n) is 6.02. The molecule has 0 aromatic heterocycles. The maximum absolute atomic E-state index is 12.8. The van der Waals surface area contributed by atoms with E-state index in [-0.39, 0.29) is 18.5 Å². The number of benzene rings is 1. The maximum Gasteiger partial charge on any atom is 0.320 e. The van der Waals surface area contributed by atoms with E-state index in [4.69, 9.17) is 0 Å². The number of carbonyl (C=O) groups is 2. The molecule has 1 aromatic rings. The van der Waals surface area contributed by atoms with Gasteiger partial charge in [0.05, 0.1) is 6.54 Å². The van der Waals surface area contributed by atoms with Crippen LogP contribution in [-0.4, -0.2) is 40.5 Å². The third-order valence-corrected chi connectivity index (χ3v) is 6.02. The third kappa shape index (κ3) is 3.78. The molecule has 1 saturated carbocycles. The summed E-state index contributed by atoms with van der Waals surface area (Å²) < 4.78 is 0. The van der Waals surface area contributed by atoms with E-state index >= 15 is 0 Å². The average molecular weight is 358 g/mol. The van der Waals surface area contributed by atoms with E-state index in [0.717, 1.165) is 36.1 Å². The van der Waals surface area contributed by atoms with E-state index in [1.807, 2.05) is 30.0 Å². The van der Waals surface area contributed by atoms with Gasteiger partial charge in [-0.1, -0.05) is 44.9 Å². The number of carboxylic acid groups (broad SMARTS) is 1. The van der Waals surface area contributed by atoms with Crippen LogP contribution >= 0.6 is 0 Å². The van der Waals surface area contributed by atoms with Gasteiger partial charge in [-0.3, -0.25) is 14.5 Å². The number of nitrogens with one attached hydrogen (secondary N) is 1. The summed E-state index contributed by atoms with van der Waals surface area (Å²) >= 11 is 0. The van der Waals surface area contributed by atoms with Gasteiger partial charge in [-0.15, -0.1) is 0 Å². The second-order valence-electron chi connectivity index (χ2n) is 8.12. The first kappa shape index (κ1) is 18.9. The van der Waals surface area contributed by atoms with Crippen molar-refractivity contribution in [3.05, 3.63) is 29.3 Å². The number of amides is 1. The molecular weight excluding hydrogens is 328 g/mol. The molecule has 3 unspecified atom stereocenters. The summed E-state index contributed by atoms with van der Waals surface area (Å²) in [6.07, 6.45) is 5.06. The number of nitrogens with zero attached hydrogens (tertiary/aromatic N) is 1. The highest BCUT2D eigenvalue weighted by molar-refractivity contribution is 5.94. The molecule has 1 heterocycles. The number of hydrogen-bond donors (Lipinski definition) is 2. The molecular formula is C21H30N2O3. The predicted molar refractivity (Wildman–Crippen MR) is 102 cm³/mol. The summed E-state index contributed by atoms with van der Waals surface area (Å²) in [4.78, 5) is 26.5. The van der Waals surface area contributed by atoms with Crippen molar-refractivity contribution in [3.63, 3.8) is 0 Å². The van der Waals surface area contributed by atoms with Gasteiger partial charge in [-0.25, -0.2) is 0 Å². The van der Waals surface area contributed by atoms with Gasteiger partial charge < -0.3 is 10.4 Å². The van der Waals surface area contributed by atoms with Crippen LogP contribution in [0.25, 0.3) is 0 Å². The Hall–Kier alpha value is -1.88. The van der Waals surface area contributed by atoms with Crippen LogP contribution in [0.3, 0.4) is 0 Å². The normalized spacial score (nSPS) is 25.9. The summed E-state index contributed by atoms with van der Waals surface area (Å²) in [6.45, 7) is 6.37. The van der Waals surface area contributed by atoms with Gasteiger partial charge in [0.2, 0.25) is 5.91 Å². The first-order valence-electron chi connectivity index (χ1n) is 9.76. The van der Waals surface area contributed by atoms with Gasteiger partial charge >= 0.3 is 5.97 Å². The zero-order chi connectivity index (χ0) is 18.8. The summed E-state index contributed by atoms with van der Waals surface area (Å²) in [5.41, 5.74) is 3.03. The Morgan fingerprint density at radius 2 is 2.00 bits per heavy atom. The fraction of sp³-hybridized carbons (Fsp3) is 0.619. The van der Waals surface area contributed by atoms with Gasteiger partial charge in [0.1, 0.15) is 6.04 Å². The van der Waals surface area contributed by atoms with Crippen LogP contribution in [0.5, 0.6) is 0 Å². The monoisotopic (exact) mass is 358 g/mol. The Kier molecular flexibility index (Phi) is 5.66. The average Bonchev–Trinajstić information content (AvgIpc) is 2.95. The number of fused-ring (bicyclic) bond motifs is 1. The first-order chi connectivity index (χ1) is 12.4. The number of para-hydroxylation sites is 1. The number of rotatable bonds is 5. The lowest BCUT2D eigenvalue weighted by Gasteiger charge is -2.32. The summed E-state index contributed by atoms with van der Waals surface area (Å²) in [5, 5.41) is 12.7. The Morgan fingerprint density at radius 1 is 1.27 bits per heavy atom. The molecule has 0 radical (unpaired) electrons. The largest absolute Gasteiger partial charge is 0.480 e. The molecule has 1 aliphatic carbocycles. The van der Waals surface area contributed by atoms with Crippen molar-refractivity contribution in [2.24, 2.45) is 5.92 Å². The van der Waals surface area contributed by atoms with E-state index in [2.05, 4.69) is 19.2 Å². The van der Waals surface area contributed by atoms with Crippen LogP contribution in [0.15, 0.2) is 18.2 Å². The minimum Gasteiger partial charge on any atom is -0.480 e. The Balaban J connectivity index is 1.76. The topological polar surface area (TPSA) is 69.6 Å². The van der Waals surface area contributed by atoms with Crippen LogP contribution in [0.4, 0.5) is 5.69 Å². The number of likely N-dealkylation sites (tertiary alicyclic amines) is 1. The molecule has 2 fully saturated rings. The van der Waals surface area contributed by atoms with E-state index in [0.29, 0.717) is 18.3 Å². The molecule has 26 heavy (non-hydrogen) atoms. The van der Waals surface area contributed by atoms with Crippen LogP contribution in [0.2, 0.25) is 0 Å². The Bertz CT molecular complexity index is 686. The zero-order valence-electron chi connectivity index (χ0n) is 16.0. The van der Waals surface area contributed by atoms with E-state index in [1.54, 1.807) is 0 Å². The van der Waals surface area contributed by atoms with Crippen molar-refractivity contribution in [2.45, 2.75) is 70.9 Å². The molecule has 0 bridgehead atoms. The number of carbonyl (C=O) groups excluding carboxylic acids is 1. The second-order valence-corrected chi connectivity index (χ2v) is 8.12. The highest BCUT2D eigenvalue weighted by Gasteiger charge is 2.45. The van der Waals surface area contributed by atoms with Crippen molar-refractivity contribution in [2.75, 3.05) is 11.9 Å². The lowest BCUT2D eigenvalue weighted by molar-refractivity contribution is -0.143. The zero-order valence-corrected chi connectivity index (χ0v) is 16.0. The number of aliphatic carboxylic acids is 1. The Morgan fingerprint density at radius 3 is 2.69 bits per heavy atom. The summed E-state index contributed by atoms with van der Waals surface area (Å²) in [6, 6.07) is 5.75. The van der Waals surface area contributed by atoms with Crippen LogP contribution in [0, 0.1) is 12.8 Å². The molecule has 2 aliphatic rings. The number of hydrogen-bond acceptors (Lipinski definition) is 3. The number of anilines is 1. The molecule has 3 atom stereocenters. The molecule has 2 N–H and O–H groups in total. The van der Waals surface area contributed by atoms with Gasteiger partial charge in [0.25, 0.3) is 0 Å². The van der Waals surface area contributed by atoms with E-state index < -0.39 is 12.0 Å². The van der Waals surface area contributed by atoms with Gasteiger partial charge in [0.15, 0.2) is 0 Å². The van der Waals surface area contributed by atoms with Gasteiger partial charge in [-0.2, -0.15) is 0 Å². The molecule has 1 aromatic carbocycles. The van der Waals surface area contributed by atoms with Crippen molar-refractivity contribution in [1.82, 2.24) is 4.90 Å². The molecule has 1 aliphatic heterocycles. The van der Waals surface area contributed by atoms with E-state index in [1.165, 1.54) is 6.42 Å². The number of carboxylic acids is 1. The highest BCUT2D eigenvalue weighted by Crippen LogP contribution is 2.39. The standard InChI is InChI=1S/C21H30N2O3/c1-13(2)16-9-6-7-14(3)20(16)22-19(24)12-23-17-10-5-4-8-15(17)11-18(23)21(25)26/h6-7,9,13,15,17-18H,4-5,8,10-12H2,1-3H3,(H,22,24)(H,25,26). The Labute approximate surface area is 155 Å². The van der Waals surface area contributed by atoms with Crippen molar-refractivity contribution < 1.29 is 14.7 Å². The molecule has 5 nitrogen and oxygen atoms in total. The highest BCUT2D eigenvalue weighted by atomic mass is 16.4.